The van der Waals surface area contributed by atoms with Crippen molar-refractivity contribution in [3.05, 3.63) is 54.9 Å². The van der Waals surface area contributed by atoms with Crippen molar-refractivity contribution in [3.63, 3.8) is 0 Å². The van der Waals surface area contributed by atoms with E-state index < -0.39 is 0 Å². The van der Waals surface area contributed by atoms with Crippen LogP contribution in [0.15, 0.2) is 49.2 Å². The van der Waals surface area contributed by atoms with Crippen LogP contribution in [0.25, 0.3) is 5.69 Å². The van der Waals surface area contributed by atoms with E-state index in [1.807, 2.05) is 23.9 Å². The van der Waals surface area contributed by atoms with Crippen LogP contribution in [0.4, 0.5) is 17.3 Å². The van der Waals surface area contributed by atoms with Crippen LogP contribution in [0.1, 0.15) is 12.1 Å². The van der Waals surface area contributed by atoms with Gasteiger partial charge in [0.05, 0.1) is 18.6 Å². The van der Waals surface area contributed by atoms with Gasteiger partial charge in [0.2, 0.25) is 0 Å². The quantitative estimate of drug-likeness (QED) is 0.719. The minimum atomic E-state index is 0.283. The molecular formula is C19H20N8. The lowest BCUT2D eigenvalue weighted by molar-refractivity contribution is 0.617. The fourth-order valence-electron chi connectivity index (χ4n) is 3.18. The molecule has 1 saturated heterocycles. The lowest BCUT2D eigenvalue weighted by Gasteiger charge is -2.19. The molecule has 4 rings (SSSR count). The molecule has 1 aromatic carbocycles. The van der Waals surface area contributed by atoms with Crippen LogP contribution >= 0.6 is 0 Å². The van der Waals surface area contributed by atoms with Crippen molar-refractivity contribution >= 4 is 17.3 Å². The maximum atomic E-state index is 8.77. The Hall–Kier alpha value is -3.44. The summed E-state index contributed by atoms with van der Waals surface area (Å²) in [6, 6.07) is 11.0. The van der Waals surface area contributed by atoms with Crippen molar-refractivity contribution in [2.24, 2.45) is 0 Å². The van der Waals surface area contributed by atoms with Crippen LogP contribution in [0.5, 0.6) is 0 Å². The minimum Gasteiger partial charge on any atom is -0.370 e. The molecule has 0 spiro atoms. The summed E-state index contributed by atoms with van der Waals surface area (Å²) in [7, 11) is 2.02. The molecule has 2 aromatic heterocycles. The van der Waals surface area contributed by atoms with Crippen molar-refractivity contribution in [3.8, 4) is 11.8 Å². The van der Waals surface area contributed by atoms with E-state index in [-0.39, 0.29) is 5.69 Å². The van der Waals surface area contributed by atoms with Crippen LogP contribution in [-0.2, 0) is 0 Å². The molecule has 1 atom stereocenters. The Bertz CT molecular complexity index is 939. The molecule has 0 bridgehead atoms. The molecule has 136 valence electrons. The van der Waals surface area contributed by atoms with E-state index >= 15 is 0 Å². The number of likely N-dealkylation sites (N-methyl/N-ethyl adjacent to an activating group) is 1. The molecule has 0 radical (unpaired) electrons. The van der Waals surface area contributed by atoms with Gasteiger partial charge in [-0.25, -0.2) is 15.0 Å². The van der Waals surface area contributed by atoms with E-state index in [4.69, 9.17) is 5.26 Å². The first-order valence-electron chi connectivity index (χ1n) is 8.81. The summed E-state index contributed by atoms with van der Waals surface area (Å²) in [5.74, 6) is 1.21. The minimum absolute atomic E-state index is 0.283. The molecule has 2 N–H and O–H groups in total. The fraction of sp³-hybridized carbons (Fsp3) is 0.263. The van der Waals surface area contributed by atoms with E-state index in [9.17, 15) is 0 Å². The first-order valence-corrected chi connectivity index (χ1v) is 8.81. The summed E-state index contributed by atoms with van der Waals surface area (Å²) in [4.78, 5) is 14.9. The van der Waals surface area contributed by atoms with Crippen LogP contribution in [0.2, 0.25) is 0 Å². The van der Waals surface area contributed by atoms with Gasteiger partial charge in [-0.05, 0) is 37.7 Å². The van der Waals surface area contributed by atoms with E-state index in [1.165, 1.54) is 24.5 Å². The molecule has 0 amide bonds. The first kappa shape index (κ1) is 17.0. The van der Waals surface area contributed by atoms with Gasteiger partial charge in [0.15, 0.2) is 5.69 Å². The van der Waals surface area contributed by atoms with Crippen LogP contribution in [0, 0.1) is 11.3 Å². The molecule has 1 aliphatic rings. The predicted molar refractivity (Wildman–Crippen MR) is 103 cm³/mol. The van der Waals surface area contributed by atoms with E-state index in [1.54, 1.807) is 6.33 Å². The van der Waals surface area contributed by atoms with Gasteiger partial charge in [-0.3, -0.25) is 0 Å². The largest absolute Gasteiger partial charge is 0.370 e. The summed E-state index contributed by atoms with van der Waals surface area (Å²) < 4.78 is 1.95. The Kier molecular flexibility index (Phi) is 4.68. The third-order valence-corrected chi connectivity index (χ3v) is 4.71. The topological polar surface area (TPSA) is 94.7 Å². The SMILES string of the molecule is CN[C@@H]1CCN(c2ccc(-n3cnc(Nc4cnc(C#N)cn4)c3)cc2)C1. The number of imidazole rings is 1. The summed E-state index contributed by atoms with van der Waals surface area (Å²) >= 11 is 0. The normalized spacial score (nSPS) is 16.3. The van der Waals surface area contributed by atoms with Gasteiger partial charge in [-0.15, -0.1) is 0 Å². The number of nitrogens with one attached hydrogen (secondary N) is 2. The maximum Gasteiger partial charge on any atom is 0.158 e. The molecular weight excluding hydrogens is 340 g/mol. The molecule has 0 aliphatic carbocycles. The molecule has 3 aromatic rings. The van der Waals surface area contributed by atoms with Crippen molar-refractivity contribution in [2.45, 2.75) is 12.5 Å². The summed E-state index contributed by atoms with van der Waals surface area (Å²) in [6.07, 6.45) is 7.76. The van der Waals surface area contributed by atoms with Gasteiger partial charge in [0.1, 0.15) is 24.0 Å². The van der Waals surface area contributed by atoms with Gasteiger partial charge in [0, 0.05) is 30.5 Å². The second kappa shape index (κ2) is 7.43. The number of hydrogen-bond donors (Lipinski definition) is 2. The Morgan fingerprint density at radius 2 is 1.89 bits per heavy atom. The monoisotopic (exact) mass is 360 g/mol. The third-order valence-electron chi connectivity index (χ3n) is 4.71. The Morgan fingerprint density at radius 1 is 1.07 bits per heavy atom. The number of nitrogens with zero attached hydrogens (tertiary/aromatic N) is 6. The highest BCUT2D eigenvalue weighted by Crippen LogP contribution is 2.22. The zero-order valence-corrected chi connectivity index (χ0v) is 15.0. The Morgan fingerprint density at radius 3 is 2.56 bits per heavy atom. The standard InChI is InChI=1S/C19H20N8/c1-21-14-6-7-26(11-14)16-2-4-17(5-3-16)27-12-19(24-13-27)25-18-10-22-15(8-20)9-23-18/h2-5,9-10,12-14,21H,6-7,11H2,1H3,(H,23,25)/t14-/m1/s1. The average Bonchev–Trinajstić information content (AvgIpc) is 3.38. The summed E-state index contributed by atoms with van der Waals surface area (Å²) in [6.45, 7) is 2.12. The number of benzene rings is 1. The molecule has 8 nitrogen and oxygen atoms in total. The summed E-state index contributed by atoms with van der Waals surface area (Å²) in [5, 5.41) is 15.2. The number of aromatic nitrogens is 4. The van der Waals surface area contributed by atoms with Gasteiger partial charge in [-0.2, -0.15) is 5.26 Å². The number of hydrogen-bond acceptors (Lipinski definition) is 7. The van der Waals surface area contributed by atoms with Gasteiger partial charge in [-0.1, -0.05) is 0 Å². The van der Waals surface area contributed by atoms with Gasteiger partial charge < -0.3 is 20.1 Å². The van der Waals surface area contributed by atoms with Crippen LogP contribution in [0.3, 0.4) is 0 Å². The predicted octanol–water partition coefficient (Wildman–Crippen LogP) is 2.08. The molecule has 0 unspecified atom stereocenters. The van der Waals surface area contributed by atoms with Crippen molar-refractivity contribution in [2.75, 3.05) is 30.4 Å². The van der Waals surface area contributed by atoms with Gasteiger partial charge in [0.25, 0.3) is 0 Å². The smallest absolute Gasteiger partial charge is 0.158 e. The second-order valence-corrected chi connectivity index (χ2v) is 6.43. The highest BCUT2D eigenvalue weighted by molar-refractivity contribution is 5.54. The molecule has 1 fully saturated rings. The lowest BCUT2D eigenvalue weighted by Crippen LogP contribution is -2.29. The molecule has 0 saturated carbocycles. The Labute approximate surface area is 157 Å². The van der Waals surface area contributed by atoms with Crippen molar-refractivity contribution in [1.82, 2.24) is 24.8 Å². The highest BCUT2D eigenvalue weighted by atomic mass is 15.2. The molecule has 27 heavy (non-hydrogen) atoms. The second-order valence-electron chi connectivity index (χ2n) is 6.43. The molecule has 1 aliphatic heterocycles. The van der Waals surface area contributed by atoms with Crippen molar-refractivity contribution in [1.29, 1.82) is 5.26 Å². The Balaban J connectivity index is 1.44. The lowest BCUT2D eigenvalue weighted by atomic mass is 10.2. The zero-order valence-electron chi connectivity index (χ0n) is 15.0. The third kappa shape index (κ3) is 3.73. The number of rotatable bonds is 5. The van der Waals surface area contributed by atoms with Gasteiger partial charge >= 0.3 is 0 Å². The van der Waals surface area contributed by atoms with Crippen LogP contribution in [-0.4, -0.2) is 45.7 Å². The number of anilines is 3. The maximum absolute atomic E-state index is 8.77. The van der Waals surface area contributed by atoms with E-state index in [2.05, 4.69) is 54.8 Å². The highest BCUT2D eigenvalue weighted by Gasteiger charge is 2.20. The van der Waals surface area contributed by atoms with E-state index in [0.29, 0.717) is 17.7 Å². The fourth-order valence-corrected chi connectivity index (χ4v) is 3.18. The van der Waals surface area contributed by atoms with Crippen LogP contribution < -0.4 is 15.5 Å². The van der Waals surface area contributed by atoms with Crippen molar-refractivity contribution < 1.29 is 0 Å². The first-order chi connectivity index (χ1) is 13.2. The summed E-state index contributed by atoms with van der Waals surface area (Å²) in [5.41, 5.74) is 2.56. The number of nitriles is 1. The zero-order chi connectivity index (χ0) is 18.6. The average molecular weight is 360 g/mol. The molecule has 8 heteroatoms. The molecule has 3 heterocycles. The van der Waals surface area contributed by atoms with E-state index in [0.717, 1.165) is 18.8 Å².